The monoisotopic (exact) mass is 239 g/mol. The maximum absolute atomic E-state index is 10.5. The summed E-state index contributed by atoms with van der Waals surface area (Å²) < 4.78 is 10.4. The average molecular weight is 239 g/mol. The molecule has 0 fully saturated rings. The molecule has 0 aromatic heterocycles. The number of benzene rings is 1. The first-order valence-electron chi connectivity index (χ1n) is 5.28. The lowest BCUT2D eigenvalue weighted by atomic mass is 10.0. The van der Waals surface area contributed by atoms with Crippen LogP contribution in [0.4, 0.5) is 0 Å². The number of aliphatic carboxylic acids is 1. The first-order chi connectivity index (χ1) is 8.10. The zero-order valence-corrected chi connectivity index (χ0v) is 9.97. The summed E-state index contributed by atoms with van der Waals surface area (Å²) in [4.78, 5) is 10.5. The SMILES string of the molecule is COc1cccc(OC)c1C(N)CCC(=O)O. The fraction of sp³-hybridized carbons (Fsp3) is 0.417. The molecule has 1 unspecified atom stereocenters. The molecule has 0 aliphatic heterocycles. The van der Waals surface area contributed by atoms with E-state index in [1.165, 1.54) is 0 Å². The molecule has 0 saturated heterocycles. The Morgan fingerprint density at radius 3 is 2.29 bits per heavy atom. The van der Waals surface area contributed by atoms with E-state index in [2.05, 4.69) is 0 Å². The Kier molecular flexibility index (Phi) is 4.78. The van der Waals surface area contributed by atoms with Crippen LogP contribution >= 0.6 is 0 Å². The highest BCUT2D eigenvalue weighted by Crippen LogP contribution is 2.34. The van der Waals surface area contributed by atoms with Crippen molar-refractivity contribution in [3.05, 3.63) is 23.8 Å². The largest absolute Gasteiger partial charge is 0.496 e. The van der Waals surface area contributed by atoms with Gasteiger partial charge >= 0.3 is 5.97 Å². The molecule has 5 nitrogen and oxygen atoms in total. The Morgan fingerprint density at radius 1 is 1.35 bits per heavy atom. The maximum Gasteiger partial charge on any atom is 0.303 e. The molecule has 0 radical (unpaired) electrons. The van der Waals surface area contributed by atoms with Gasteiger partial charge < -0.3 is 20.3 Å². The molecule has 1 rings (SSSR count). The molecule has 0 aliphatic carbocycles. The summed E-state index contributed by atoms with van der Waals surface area (Å²) >= 11 is 0. The number of carboxylic acids is 1. The van der Waals surface area contributed by atoms with Gasteiger partial charge in [-0.25, -0.2) is 0 Å². The molecule has 0 spiro atoms. The van der Waals surface area contributed by atoms with Gasteiger partial charge in [-0.05, 0) is 18.6 Å². The first kappa shape index (κ1) is 13.3. The molecule has 1 aromatic carbocycles. The van der Waals surface area contributed by atoms with Crippen LogP contribution < -0.4 is 15.2 Å². The number of methoxy groups -OCH3 is 2. The van der Waals surface area contributed by atoms with E-state index >= 15 is 0 Å². The predicted molar refractivity (Wildman–Crippen MR) is 63.3 cm³/mol. The molecule has 3 N–H and O–H groups in total. The highest BCUT2D eigenvalue weighted by molar-refractivity contribution is 5.66. The topological polar surface area (TPSA) is 81.8 Å². The summed E-state index contributed by atoms with van der Waals surface area (Å²) in [5.41, 5.74) is 6.68. The summed E-state index contributed by atoms with van der Waals surface area (Å²) in [5, 5.41) is 8.64. The van der Waals surface area contributed by atoms with Crippen LogP contribution in [-0.2, 0) is 4.79 Å². The molecule has 94 valence electrons. The summed E-state index contributed by atoms with van der Waals surface area (Å²) in [6.45, 7) is 0. The van der Waals surface area contributed by atoms with Crippen LogP contribution in [0, 0.1) is 0 Å². The Bertz CT molecular complexity index is 370. The quantitative estimate of drug-likeness (QED) is 0.787. The number of nitrogens with two attached hydrogens (primary N) is 1. The minimum absolute atomic E-state index is 0.0162. The van der Waals surface area contributed by atoms with Crippen LogP contribution in [0.15, 0.2) is 18.2 Å². The van der Waals surface area contributed by atoms with Crippen molar-refractivity contribution >= 4 is 5.97 Å². The van der Waals surface area contributed by atoms with Gasteiger partial charge in [-0.15, -0.1) is 0 Å². The second-order valence-corrected chi connectivity index (χ2v) is 3.62. The molecule has 0 saturated carbocycles. The fourth-order valence-corrected chi connectivity index (χ4v) is 1.67. The summed E-state index contributed by atoms with van der Waals surface area (Å²) in [7, 11) is 3.09. The van der Waals surface area contributed by atoms with E-state index in [0.29, 0.717) is 23.5 Å². The van der Waals surface area contributed by atoms with E-state index in [4.69, 9.17) is 20.3 Å². The van der Waals surface area contributed by atoms with E-state index < -0.39 is 12.0 Å². The number of hydrogen-bond acceptors (Lipinski definition) is 4. The van der Waals surface area contributed by atoms with Gasteiger partial charge in [0.1, 0.15) is 11.5 Å². The van der Waals surface area contributed by atoms with Crippen LogP contribution in [0.3, 0.4) is 0 Å². The maximum atomic E-state index is 10.5. The lowest BCUT2D eigenvalue weighted by Crippen LogP contribution is -2.14. The van der Waals surface area contributed by atoms with E-state index in [-0.39, 0.29) is 6.42 Å². The number of carboxylic acid groups (broad SMARTS) is 1. The first-order valence-corrected chi connectivity index (χ1v) is 5.28. The molecule has 1 atom stereocenters. The standard InChI is InChI=1S/C12H17NO4/c1-16-9-4-3-5-10(17-2)12(9)8(13)6-7-11(14)15/h3-5,8H,6-7,13H2,1-2H3,(H,14,15). The molecular weight excluding hydrogens is 222 g/mol. The van der Waals surface area contributed by atoms with Crippen molar-refractivity contribution in [3.8, 4) is 11.5 Å². The minimum atomic E-state index is -0.866. The molecule has 0 amide bonds. The Morgan fingerprint density at radius 2 is 1.88 bits per heavy atom. The minimum Gasteiger partial charge on any atom is -0.496 e. The second kappa shape index (κ2) is 6.10. The molecule has 5 heteroatoms. The summed E-state index contributed by atoms with van der Waals surface area (Å²) in [6.07, 6.45) is 0.356. The van der Waals surface area contributed by atoms with Crippen LogP contribution in [-0.4, -0.2) is 25.3 Å². The van der Waals surface area contributed by atoms with Crippen LogP contribution in [0.1, 0.15) is 24.4 Å². The van der Waals surface area contributed by atoms with Crippen molar-refractivity contribution < 1.29 is 19.4 Å². The van der Waals surface area contributed by atoms with Gasteiger partial charge in [-0.3, -0.25) is 4.79 Å². The molecular formula is C12H17NO4. The van der Waals surface area contributed by atoms with Gasteiger partial charge in [0.2, 0.25) is 0 Å². The lowest BCUT2D eigenvalue weighted by molar-refractivity contribution is -0.137. The molecule has 1 aromatic rings. The molecule has 0 bridgehead atoms. The van der Waals surface area contributed by atoms with E-state index in [0.717, 1.165) is 0 Å². The van der Waals surface area contributed by atoms with Gasteiger partial charge in [0.25, 0.3) is 0 Å². The zero-order valence-electron chi connectivity index (χ0n) is 9.97. The highest BCUT2D eigenvalue weighted by atomic mass is 16.5. The third kappa shape index (κ3) is 3.35. The summed E-state index contributed by atoms with van der Waals surface area (Å²) in [6, 6.07) is 4.93. The third-order valence-electron chi connectivity index (χ3n) is 2.51. The Balaban J connectivity index is 2.96. The van der Waals surface area contributed by atoms with Crippen LogP contribution in [0.5, 0.6) is 11.5 Å². The lowest BCUT2D eigenvalue weighted by Gasteiger charge is -2.18. The van der Waals surface area contributed by atoms with Crippen molar-refractivity contribution in [3.63, 3.8) is 0 Å². The van der Waals surface area contributed by atoms with Gasteiger partial charge in [0.15, 0.2) is 0 Å². The van der Waals surface area contributed by atoms with Gasteiger partial charge in [-0.2, -0.15) is 0 Å². The zero-order chi connectivity index (χ0) is 12.8. The van der Waals surface area contributed by atoms with Crippen molar-refractivity contribution in [1.82, 2.24) is 0 Å². The van der Waals surface area contributed by atoms with Gasteiger partial charge in [-0.1, -0.05) is 6.07 Å². The normalized spacial score (nSPS) is 11.9. The molecule has 17 heavy (non-hydrogen) atoms. The van der Waals surface area contributed by atoms with Gasteiger partial charge in [0, 0.05) is 12.5 Å². The van der Waals surface area contributed by atoms with Gasteiger partial charge in [0.05, 0.1) is 19.8 Å². The average Bonchev–Trinajstić information content (AvgIpc) is 2.34. The highest BCUT2D eigenvalue weighted by Gasteiger charge is 2.18. The van der Waals surface area contributed by atoms with Crippen molar-refractivity contribution in [2.45, 2.75) is 18.9 Å². The second-order valence-electron chi connectivity index (χ2n) is 3.62. The number of rotatable bonds is 6. The van der Waals surface area contributed by atoms with Crippen molar-refractivity contribution in [2.24, 2.45) is 5.73 Å². The Hall–Kier alpha value is -1.75. The van der Waals surface area contributed by atoms with E-state index in [1.807, 2.05) is 0 Å². The number of carbonyl (C=O) groups is 1. The predicted octanol–water partition coefficient (Wildman–Crippen LogP) is 1.57. The molecule has 0 heterocycles. The molecule has 0 aliphatic rings. The fourth-order valence-electron chi connectivity index (χ4n) is 1.67. The summed E-state index contributed by atoms with van der Waals surface area (Å²) in [5.74, 6) is 0.360. The number of ether oxygens (including phenoxy) is 2. The van der Waals surface area contributed by atoms with E-state index in [1.54, 1.807) is 32.4 Å². The van der Waals surface area contributed by atoms with Crippen LogP contribution in [0.25, 0.3) is 0 Å². The smallest absolute Gasteiger partial charge is 0.303 e. The van der Waals surface area contributed by atoms with Crippen molar-refractivity contribution in [1.29, 1.82) is 0 Å². The van der Waals surface area contributed by atoms with Crippen molar-refractivity contribution in [2.75, 3.05) is 14.2 Å². The third-order valence-corrected chi connectivity index (χ3v) is 2.51. The van der Waals surface area contributed by atoms with Crippen LogP contribution in [0.2, 0.25) is 0 Å². The number of hydrogen-bond donors (Lipinski definition) is 2. The Labute approximate surface area is 100 Å². The van der Waals surface area contributed by atoms with E-state index in [9.17, 15) is 4.79 Å².